The fraction of sp³-hybridized carbons (Fsp3) is 0.636. The molecule has 0 spiro atoms. The summed E-state index contributed by atoms with van der Waals surface area (Å²) in [4.78, 5) is 52.2. The number of hydrogen-bond acceptors (Lipinski definition) is 8. The highest BCUT2D eigenvalue weighted by atomic mass is 16.6. The Bertz CT molecular complexity index is 931. The summed E-state index contributed by atoms with van der Waals surface area (Å²) in [5, 5.41) is 0. The maximum Gasteiger partial charge on any atom is 0.410 e. The molecule has 2 rings (SSSR count). The van der Waals surface area contributed by atoms with Gasteiger partial charge >= 0.3 is 18.0 Å². The Morgan fingerprint density at radius 3 is 2.19 bits per heavy atom. The van der Waals surface area contributed by atoms with E-state index in [-0.39, 0.29) is 29.6 Å². The average Bonchev–Trinajstić information content (AvgIpc) is 2.92. The predicted octanol–water partition coefficient (Wildman–Crippen LogP) is 2.78. The van der Waals surface area contributed by atoms with E-state index < -0.39 is 35.1 Å². The first-order chi connectivity index (χ1) is 14.9. The number of esters is 2. The second kappa shape index (κ2) is 10.1. The zero-order valence-electron chi connectivity index (χ0n) is 19.7. The zero-order valence-corrected chi connectivity index (χ0v) is 19.7. The van der Waals surface area contributed by atoms with Crippen LogP contribution in [-0.4, -0.2) is 67.0 Å². The highest BCUT2D eigenvalue weighted by molar-refractivity contribution is 5.94. The van der Waals surface area contributed by atoms with Crippen molar-refractivity contribution in [1.82, 2.24) is 9.47 Å². The lowest BCUT2D eigenvalue weighted by Crippen LogP contribution is -2.44. The summed E-state index contributed by atoms with van der Waals surface area (Å²) < 4.78 is 21.9. The van der Waals surface area contributed by atoms with E-state index in [0.29, 0.717) is 6.42 Å². The highest BCUT2D eigenvalue weighted by Crippen LogP contribution is 2.30. The van der Waals surface area contributed by atoms with Crippen LogP contribution in [0.15, 0.2) is 11.0 Å². The summed E-state index contributed by atoms with van der Waals surface area (Å²) in [6.45, 7) is 7.49. The van der Waals surface area contributed by atoms with Crippen LogP contribution < -0.4 is 10.2 Å². The van der Waals surface area contributed by atoms with E-state index in [1.54, 1.807) is 25.7 Å². The molecule has 1 saturated heterocycles. The quantitative estimate of drug-likeness (QED) is 0.506. The topological polar surface area (TPSA) is 113 Å². The van der Waals surface area contributed by atoms with Crippen molar-refractivity contribution in [2.45, 2.75) is 64.6 Å². The van der Waals surface area contributed by atoms with Gasteiger partial charge in [-0.2, -0.15) is 0 Å². The van der Waals surface area contributed by atoms with Gasteiger partial charge in [-0.3, -0.25) is 4.79 Å². The summed E-state index contributed by atoms with van der Waals surface area (Å²) >= 11 is 0. The second-order valence-electron chi connectivity index (χ2n) is 8.71. The number of nitrogens with zero attached hydrogens (tertiary/aromatic N) is 2. The normalized spacial score (nSPS) is 19.0. The van der Waals surface area contributed by atoms with Crippen LogP contribution in [0.4, 0.5) is 4.79 Å². The lowest BCUT2D eigenvalue weighted by atomic mass is 10.1. The van der Waals surface area contributed by atoms with Crippen molar-refractivity contribution in [2.75, 3.05) is 27.9 Å². The molecule has 1 aromatic rings. The first-order valence-corrected chi connectivity index (χ1v) is 10.4. The fourth-order valence-electron chi connectivity index (χ4n) is 3.74. The lowest BCUT2D eigenvalue weighted by molar-refractivity contribution is 0.0159. The van der Waals surface area contributed by atoms with Gasteiger partial charge in [0.15, 0.2) is 11.4 Å². The molecule has 0 radical (unpaired) electrons. The minimum absolute atomic E-state index is 0.0993. The second-order valence-corrected chi connectivity index (χ2v) is 8.71. The zero-order chi connectivity index (χ0) is 24.2. The molecular weight excluding hydrogens is 420 g/mol. The van der Waals surface area contributed by atoms with E-state index >= 15 is 0 Å². The van der Waals surface area contributed by atoms with Gasteiger partial charge in [-0.15, -0.1) is 0 Å². The van der Waals surface area contributed by atoms with Gasteiger partial charge in [-0.05, 0) is 47.0 Å². The van der Waals surface area contributed by atoms with Gasteiger partial charge in [-0.25, -0.2) is 14.4 Å². The largest absolute Gasteiger partial charge is 0.491 e. The molecule has 1 aromatic heterocycles. The van der Waals surface area contributed by atoms with Crippen molar-refractivity contribution in [2.24, 2.45) is 0 Å². The number of amides is 1. The van der Waals surface area contributed by atoms with Crippen LogP contribution in [0.25, 0.3) is 0 Å². The Hall–Kier alpha value is -3.04. The van der Waals surface area contributed by atoms with E-state index in [9.17, 15) is 19.2 Å². The predicted molar refractivity (Wildman–Crippen MR) is 115 cm³/mol. The Morgan fingerprint density at radius 1 is 1.03 bits per heavy atom. The molecule has 10 heteroatoms. The molecule has 1 fully saturated rings. The number of likely N-dealkylation sites (tertiary alicyclic amines) is 1. The first-order valence-electron chi connectivity index (χ1n) is 10.4. The maximum absolute atomic E-state index is 12.9. The fourth-order valence-corrected chi connectivity index (χ4v) is 3.74. The Kier molecular flexibility index (Phi) is 7.92. The molecule has 2 atom stereocenters. The summed E-state index contributed by atoms with van der Waals surface area (Å²) in [5.41, 5.74) is -1.86. The molecule has 1 aliphatic heterocycles. The Morgan fingerprint density at radius 2 is 1.66 bits per heavy atom. The third-order valence-electron chi connectivity index (χ3n) is 5.30. The molecule has 0 N–H and O–H groups in total. The number of carbonyl (C=O) groups excluding carboxylic acids is 3. The van der Waals surface area contributed by atoms with Crippen molar-refractivity contribution in [1.29, 1.82) is 0 Å². The van der Waals surface area contributed by atoms with Crippen molar-refractivity contribution in [3.05, 3.63) is 27.7 Å². The first kappa shape index (κ1) is 25.2. The number of pyridine rings is 1. The minimum Gasteiger partial charge on any atom is -0.491 e. The summed E-state index contributed by atoms with van der Waals surface area (Å²) in [7, 11) is 3.58. The number of hydrogen-bond donors (Lipinski definition) is 0. The standard InChI is InChI=1S/C22H32N2O8/c1-13-9-8-10-14(11-23(13)21(28)32-22(2,3)4)24-12-15(19(26)30-6)17(25)18(29-5)16(24)20(27)31-7/h12-14H,8-11H2,1-7H3. The molecule has 10 nitrogen and oxygen atoms in total. The molecule has 1 amide bonds. The van der Waals surface area contributed by atoms with Gasteiger partial charge in [0.05, 0.1) is 27.4 Å². The Labute approximate surface area is 187 Å². The number of carbonyl (C=O) groups is 3. The molecule has 0 aromatic carbocycles. The van der Waals surface area contributed by atoms with Crippen LogP contribution in [-0.2, 0) is 14.2 Å². The molecule has 0 bridgehead atoms. The van der Waals surface area contributed by atoms with Crippen LogP contribution in [0.2, 0.25) is 0 Å². The highest BCUT2D eigenvalue weighted by Gasteiger charge is 2.34. The number of methoxy groups -OCH3 is 3. The van der Waals surface area contributed by atoms with E-state index in [4.69, 9.17) is 18.9 Å². The van der Waals surface area contributed by atoms with Crippen LogP contribution in [0.1, 0.15) is 73.8 Å². The molecule has 32 heavy (non-hydrogen) atoms. The van der Waals surface area contributed by atoms with Crippen LogP contribution in [0.5, 0.6) is 5.75 Å². The Balaban J connectivity index is 2.64. The molecule has 0 saturated carbocycles. The SMILES string of the molecule is COC(=O)c1cn(C2CCCC(C)N(C(=O)OC(C)(C)C)C2)c(C(=O)OC)c(OC)c1=O. The number of rotatable bonds is 4. The van der Waals surface area contributed by atoms with E-state index in [2.05, 4.69) is 0 Å². The average molecular weight is 453 g/mol. The summed E-state index contributed by atoms with van der Waals surface area (Å²) in [6.07, 6.45) is 2.85. The third-order valence-corrected chi connectivity index (χ3v) is 5.30. The van der Waals surface area contributed by atoms with E-state index in [1.165, 1.54) is 25.0 Å². The van der Waals surface area contributed by atoms with Crippen molar-refractivity contribution < 1.29 is 33.3 Å². The van der Waals surface area contributed by atoms with Gasteiger partial charge < -0.3 is 28.4 Å². The maximum atomic E-state index is 12.9. The molecule has 2 heterocycles. The van der Waals surface area contributed by atoms with Gasteiger partial charge in [0.2, 0.25) is 5.43 Å². The van der Waals surface area contributed by atoms with Gasteiger partial charge in [0.1, 0.15) is 11.2 Å². The molecular formula is C22H32N2O8. The van der Waals surface area contributed by atoms with Crippen molar-refractivity contribution >= 4 is 18.0 Å². The van der Waals surface area contributed by atoms with Crippen LogP contribution in [0.3, 0.4) is 0 Å². The van der Waals surface area contributed by atoms with Gasteiger partial charge in [-0.1, -0.05) is 0 Å². The van der Waals surface area contributed by atoms with E-state index in [0.717, 1.165) is 20.0 Å². The van der Waals surface area contributed by atoms with Crippen LogP contribution in [0, 0.1) is 0 Å². The van der Waals surface area contributed by atoms with Crippen molar-refractivity contribution in [3.63, 3.8) is 0 Å². The summed E-state index contributed by atoms with van der Waals surface area (Å²) in [6, 6.07) is -0.544. The van der Waals surface area contributed by atoms with Gasteiger partial charge in [0.25, 0.3) is 0 Å². The molecule has 1 aliphatic rings. The monoisotopic (exact) mass is 452 g/mol. The number of ether oxygens (including phenoxy) is 4. The lowest BCUT2D eigenvalue weighted by Gasteiger charge is -2.33. The molecule has 178 valence electrons. The smallest absolute Gasteiger partial charge is 0.410 e. The minimum atomic E-state index is -0.857. The molecule has 0 aliphatic carbocycles. The number of aromatic nitrogens is 1. The van der Waals surface area contributed by atoms with Gasteiger partial charge in [0, 0.05) is 18.8 Å². The van der Waals surface area contributed by atoms with Crippen molar-refractivity contribution in [3.8, 4) is 5.75 Å². The van der Waals surface area contributed by atoms with Crippen LogP contribution >= 0.6 is 0 Å². The third kappa shape index (κ3) is 5.41. The molecule has 2 unspecified atom stereocenters. The van der Waals surface area contributed by atoms with E-state index in [1.807, 2.05) is 6.92 Å². The summed E-state index contributed by atoms with van der Waals surface area (Å²) in [5.74, 6) is -1.97.